The van der Waals surface area contributed by atoms with E-state index in [-0.39, 0.29) is 10.8 Å². The van der Waals surface area contributed by atoms with Gasteiger partial charge in [-0.15, -0.1) is 40.1 Å². The number of unbranched alkanes of at least 4 members (excludes halogenated alkanes) is 1. The second-order valence-electron chi connectivity index (χ2n) is 14.3. The second kappa shape index (κ2) is 16.5. The van der Waals surface area contributed by atoms with Crippen molar-refractivity contribution in [2.24, 2.45) is 0 Å². The van der Waals surface area contributed by atoms with E-state index in [0.717, 1.165) is 15.9 Å². The summed E-state index contributed by atoms with van der Waals surface area (Å²) in [4.78, 5) is 0. The normalized spacial score (nSPS) is 12.0. The first-order valence-electron chi connectivity index (χ1n) is 16.6. The van der Waals surface area contributed by atoms with Crippen LogP contribution in [0.25, 0.3) is 33.0 Å². The van der Waals surface area contributed by atoms with E-state index in [1.165, 1.54) is 91.3 Å². The third kappa shape index (κ3) is 9.19. The van der Waals surface area contributed by atoms with E-state index in [4.69, 9.17) is 17.0 Å². The first-order valence-corrected chi connectivity index (χ1v) is 23.9. The Kier molecular flexibility index (Phi) is 13.3. The second-order valence-corrected chi connectivity index (χ2v) is 19.3. The van der Waals surface area contributed by atoms with Crippen molar-refractivity contribution in [2.45, 2.75) is 98.3 Å². The molecule has 0 aliphatic carbocycles. The quantitative estimate of drug-likeness (QED) is 0.118. The van der Waals surface area contributed by atoms with Crippen LogP contribution in [0.3, 0.4) is 0 Å². The molecule has 0 saturated heterocycles. The van der Waals surface area contributed by atoms with Gasteiger partial charge in [0, 0.05) is 0 Å². The number of fused-ring (bicyclic) bond motifs is 4. The molecule has 0 unspecified atom stereocenters. The minimum absolute atomic E-state index is 0.132. The fraction of sp³-hybridized carbons (Fsp3) is 0.357. The van der Waals surface area contributed by atoms with Crippen molar-refractivity contribution in [1.82, 2.24) is 0 Å². The number of hydrogen-bond acceptors (Lipinski definition) is 0. The summed E-state index contributed by atoms with van der Waals surface area (Å²) in [6.45, 7) is 18.6. The summed E-state index contributed by atoms with van der Waals surface area (Å²) < 4.78 is 0. The molecule has 0 saturated carbocycles. The number of benzene rings is 4. The molecule has 0 aromatic heterocycles. The molecule has 5 aromatic rings. The predicted octanol–water partition coefficient (Wildman–Crippen LogP) is 11.6. The zero-order valence-corrected chi connectivity index (χ0v) is 33.8. The summed E-state index contributed by atoms with van der Waals surface area (Å²) in [7, 11) is 10.7. The van der Waals surface area contributed by atoms with Crippen LogP contribution in [0.5, 0.6) is 0 Å². The van der Waals surface area contributed by atoms with Gasteiger partial charge in [0.15, 0.2) is 0 Å². The summed E-state index contributed by atoms with van der Waals surface area (Å²) >= 11 is -0.826. The molecule has 4 heteroatoms. The van der Waals surface area contributed by atoms with Crippen LogP contribution < -0.4 is 10.4 Å². The van der Waals surface area contributed by atoms with Gasteiger partial charge in [-0.3, -0.25) is 0 Å². The molecule has 238 valence electrons. The monoisotopic (exact) mass is 740 g/mol. The maximum absolute atomic E-state index is 4.93. The Bertz CT molecular complexity index is 1660. The fourth-order valence-electron chi connectivity index (χ4n) is 6.10. The summed E-state index contributed by atoms with van der Waals surface area (Å²) in [5.74, 6) is 0. The smallest absolute Gasteiger partial charge is 0.0920 e. The van der Waals surface area contributed by atoms with Crippen LogP contribution in [0.2, 0.25) is 0 Å². The molecular formula is C42H48Cl2SiZr. The molecule has 0 spiro atoms. The fourth-order valence-corrected chi connectivity index (χ4v) is 7.41. The molecule has 6 rings (SSSR count). The molecule has 2 radical (unpaired) electrons. The molecule has 1 aliphatic rings. The molecule has 0 N–H and O–H groups in total. The minimum atomic E-state index is -0.826. The van der Waals surface area contributed by atoms with Crippen LogP contribution in [0.4, 0.5) is 0 Å². The molecule has 1 aliphatic heterocycles. The van der Waals surface area contributed by atoms with E-state index in [1.54, 1.807) is 0 Å². The van der Waals surface area contributed by atoms with Crippen LogP contribution >= 0.6 is 17.0 Å². The van der Waals surface area contributed by atoms with Crippen molar-refractivity contribution in [3.8, 4) is 22.3 Å². The number of aryl methyl sites for hydroxylation is 2. The molecule has 0 atom stereocenters. The molecule has 0 bridgehead atoms. The van der Waals surface area contributed by atoms with E-state index < -0.39 is 20.8 Å². The third-order valence-corrected chi connectivity index (χ3v) is 10.0. The Morgan fingerprint density at radius 3 is 2.04 bits per heavy atom. The van der Waals surface area contributed by atoms with E-state index in [9.17, 15) is 0 Å². The largest absolute Gasteiger partial charge is 0.184 e. The van der Waals surface area contributed by atoms with Crippen molar-refractivity contribution in [2.75, 3.05) is 0 Å². The van der Waals surface area contributed by atoms with Gasteiger partial charge in [-0.2, -0.15) is 35.5 Å². The summed E-state index contributed by atoms with van der Waals surface area (Å²) in [6.07, 6.45) is 6.00. The molecule has 0 fully saturated rings. The summed E-state index contributed by atoms with van der Waals surface area (Å²) in [5, 5.41) is 5.66. The Balaban J connectivity index is 0.000000245. The minimum Gasteiger partial charge on any atom is -0.184 e. The molecular weight excluding hydrogens is 695 g/mol. The maximum Gasteiger partial charge on any atom is 0.0920 e. The van der Waals surface area contributed by atoms with Gasteiger partial charge >= 0.3 is 37.9 Å². The van der Waals surface area contributed by atoms with E-state index in [1.807, 2.05) is 6.07 Å². The molecule has 46 heavy (non-hydrogen) atoms. The zero-order valence-electron chi connectivity index (χ0n) is 28.9. The number of halogens is 2. The molecule has 0 nitrogen and oxygen atoms in total. The first-order chi connectivity index (χ1) is 21.9. The van der Waals surface area contributed by atoms with Gasteiger partial charge in [0.25, 0.3) is 0 Å². The average Bonchev–Trinajstić information content (AvgIpc) is 3.61. The van der Waals surface area contributed by atoms with Gasteiger partial charge in [0.05, 0.1) is 9.52 Å². The molecule has 5 aromatic carbocycles. The Morgan fingerprint density at radius 1 is 0.761 bits per heavy atom. The van der Waals surface area contributed by atoms with Gasteiger partial charge in [-0.05, 0) is 40.4 Å². The Hall–Kier alpha value is -1.83. The predicted molar refractivity (Wildman–Crippen MR) is 202 cm³/mol. The van der Waals surface area contributed by atoms with Crippen LogP contribution in [0, 0.1) is 6.07 Å². The van der Waals surface area contributed by atoms with E-state index >= 15 is 0 Å². The third-order valence-electron chi connectivity index (χ3n) is 8.66. The standard InChI is InChI=1S/C30H41.C12H7Si.2ClH.Zr/c1-9-11-13-21-16-23-15-14-22(12-10-2)28(27(23)17-21)24-18-25(29(3,4)5)20-26(19-24)30(6,7)8;1-3-7-11-9(5-1)10-6-2-4-8-12(10)13-11;;;/h14-20H,9-13H2,1-8H3;1-7H;2*1H;/q2*-1;;;+4/p-2. The van der Waals surface area contributed by atoms with Crippen LogP contribution in [-0.2, 0) is 44.5 Å². The summed E-state index contributed by atoms with van der Waals surface area (Å²) in [6, 6.07) is 35.1. The van der Waals surface area contributed by atoms with Crippen molar-refractivity contribution >= 4 is 47.7 Å². The van der Waals surface area contributed by atoms with Crippen molar-refractivity contribution in [3.05, 3.63) is 113 Å². The number of hydrogen-bond donors (Lipinski definition) is 0. The SMILES string of the molecule is CCCCc1cc2c(-c3cc(C(C)(C)C)cc(C(C)(C)C)c3)c(CCC)ccc2[cH-]1.[Cl][Zr+2][Cl].[c-]1cccc2c1[Si]c1ccccc1-2. The van der Waals surface area contributed by atoms with Crippen LogP contribution in [-0.4, -0.2) is 9.52 Å². The van der Waals surface area contributed by atoms with Gasteiger partial charge in [-0.25, -0.2) is 0 Å². The maximum atomic E-state index is 4.93. The van der Waals surface area contributed by atoms with Gasteiger partial charge in [0.1, 0.15) is 0 Å². The number of rotatable bonds is 6. The van der Waals surface area contributed by atoms with Crippen LogP contribution in [0.15, 0.2) is 84.9 Å². The van der Waals surface area contributed by atoms with Gasteiger partial charge in [-0.1, -0.05) is 139 Å². The van der Waals surface area contributed by atoms with Gasteiger partial charge < -0.3 is 0 Å². The topological polar surface area (TPSA) is 0 Å². The van der Waals surface area contributed by atoms with Gasteiger partial charge in [0.2, 0.25) is 0 Å². The van der Waals surface area contributed by atoms with E-state index in [0.29, 0.717) is 0 Å². The zero-order chi connectivity index (χ0) is 33.5. The van der Waals surface area contributed by atoms with Crippen LogP contribution in [0.1, 0.15) is 96.9 Å². The van der Waals surface area contributed by atoms with Crippen molar-refractivity contribution < 1.29 is 20.8 Å². The van der Waals surface area contributed by atoms with Crippen molar-refractivity contribution in [3.63, 3.8) is 0 Å². The van der Waals surface area contributed by atoms with E-state index in [2.05, 4.69) is 140 Å². The van der Waals surface area contributed by atoms with Crippen molar-refractivity contribution in [1.29, 1.82) is 0 Å². The average molecular weight is 743 g/mol. The summed E-state index contributed by atoms with van der Waals surface area (Å²) in [5.41, 5.74) is 11.7. The Labute approximate surface area is 300 Å². The Morgan fingerprint density at radius 2 is 1.41 bits per heavy atom. The molecule has 1 heterocycles. The first kappa shape index (κ1) is 37.0. The molecule has 0 amide bonds.